The summed E-state index contributed by atoms with van der Waals surface area (Å²) in [4.78, 5) is 23.7. The molecular weight excluding hydrogens is 333 g/mol. The molecule has 1 aromatic heterocycles. The van der Waals surface area contributed by atoms with Gasteiger partial charge in [0.05, 0.1) is 6.54 Å². The van der Waals surface area contributed by atoms with Crippen molar-refractivity contribution in [3.8, 4) is 0 Å². The van der Waals surface area contributed by atoms with E-state index in [0.29, 0.717) is 5.95 Å². The van der Waals surface area contributed by atoms with Crippen molar-refractivity contribution in [3.05, 3.63) is 41.7 Å². The third-order valence-electron chi connectivity index (χ3n) is 3.87. The second kappa shape index (κ2) is 9.79. The Balaban J connectivity index is 2.05. The third kappa shape index (κ3) is 6.38. The van der Waals surface area contributed by atoms with Crippen LogP contribution in [0, 0.1) is 0 Å². The standard InChI is InChI=1S/C19H26FN5O/c1-4-16(20)17-23-18(21-12-14(3)26)25-19(24-17)22-13(2)10-11-15-8-6-5-7-9-15/h5-9,13,16H,4,10-12H2,1-3H3,(H2,21,22,23,24,25). The van der Waals surface area contributed by atoms with Gasteiger partial charge in [-0.25, -0.2) is 4.39 Å². The first-order valence-electron chi connectivity index (χ1n) is 8.91. The maximum atomic E-state index is 14.1. The van der Waals surface area contributed by atoms with E-state index in [1.165, 1.54) is 12.5 Å². The van der Waals surface area contributed by atoms with Crippen LogP contribution in [0.25, 0.3) is 0 Å². The Morgan fingerprint density at radius 3 is 2.50 bits per heavy atom. The summed E-state index contributed by atoms with van der Waals surface area (Å²) >= 11 is 0. The summed E-state index contributed by atoms with van der Waals surface area (Å²) in [7, 11) is 0. The number of carbonyl (C=O) groups is 1. The van der Waals surface area contributed by atoms with Crippen LogP contribution in [-0.2, 0) is 11.2 Å². The Kier molecular flexibility index (Phi) is 7.44. The average molecular weight is 359 g/mol. The van der Waals surface area contributed by atoms with Crippen LogP contribution < -0.4 is 10.6 Å². The number of alkyl halides is 1. The van der Waals surface area contributed by atoms with Gasteiger partial charge in [0, 0.05) is 6.04 Å². The van der Waals surface area contributed by atoms with Gasteiger partial charge in [-0.05, 0) is 38.7 Å². The number of Topliss-reactive ketones (excluding diaryl/α,β-unsaturated/α-hetero) is 1. The van der Waals surface area contributed by atoms with E-state index in [1.807, 2.05) is 25.1 Å². The molecule has 2 N–H and O–H groups in total. The number of halogens is 1. The number of carbonyl (C=O) groups excluding carboxylic acids is 1. The van der Waals surface area contributed by atoms with Crippen LogP contribution >= 0.6 is 0 Å². The monoisotopic (exact) mass is 359 g/mol. The molecule has 7 heteroatoms. The molecule has 2 unspecified atom stereocenters. The van der Waals surface area contributed by atoms with Crippen molar-refractivity contribution in [2.24, 2.45) is 0 Å². The maximum Gasteiger partial charge on any atom is 0.228 e. The van der Waals surface area contributed by atoms with E-state index in [1.54, 1.807) is 6.92 Å². The second-order valence-electron chi connectivity index (χ2n) is 6.34. The molecule has 0 fully saturated rings. The summed E-state index contributed by atoms with van der Waals surface area (Å²) in [6.07, 6.45) is 0.812. The molecule has 0 aliphatic carbocycles. The van der Waals surface area contributed by atoms with Crippen LogP contribution in [0.4, 0.5) is 16.3 Å². The molecule has 2 atom stereocenters. The van der Waals surface area contributed by atoms with Gasteiger partial charge >= 0.3 is 0 Å². The van der Waals surface area contributed by atoms with Gasteiger partial charge in [-0.3, -0.25) is 4.79 Å². The molecule has 140 valence electrons. The van der Waals surface area contributed by atoms with E-state index in [4.69, 9.17) is 0 Å². The molecule has 2 rings (SSSR count). The van der Waals surface area contributed by atoms with Crippen molar-refractivity contribution in [1.82, 2.24) is 15.0 Å². The SMILES string of the molecule is CCC(F)c1nc(NCC(C)=O)nc(NC(C)CCc2ccccc2)n1. The molecule has 0 aliphatic rings. The van der Waals surface area contributed by atoms with Crippen LogP contribution in [0.15, 0.2) is 30.3 Å². The van der Waals surface area contributed by atoms with Gasteiger partial charge in [0.1, 0.15) is 5.78 Å². The molecule has 1 aromatic carbocycles. The van der Waals surface area contributed by atoms with Gasteiger partial charge in [0.15, 0.2) is 12.0 Å². The van der Waals surface area contributed by atoms with Gasteiger partial charge in [0.25, 0.3) is 0 Å². The lowest BCUT2D eigenvalue weighted by Crippen LogP contribution is -2.21. The first-order chi connectivity index (χ1) is 12.5. The van der Waals surface area contributed by atoms with Crippen molar-refractivity contribution in [1.29, 1.82) is 0 Å². The lowest BCUT2D eigenvalue weighted by Gasteiger charge is -2.16. The molecule has 0 saturated heterocycles. The van der Waals surface area contributed by atoms with E-state index in [-0.39, 0.29) is 36.6 Å². The molecule has 0 bridgehead atoms. The van der Waals surface area contributed by atoms with E-state index in [9.17, 15) is 9.18 Å². The summed E-state index contributed by atoms with van der Waals surface area (Å²) in [5.41, 5.74) is 1.26. The first kappa shape index (κ1) is 19.8. The number of aryl methyl sites for hydroxylation is 1. The Morgan fingerprint density at radius 1 is 1.15 bits per heavy atom. The Bertz CT molecular complexity index is 710. The van der Waals surface area contributed by atoms with Crippen LogP contribution in [0.1, 0.15) is 51.2 Å². The number of hydrogen-bond donors (Lipinski definition) is 2. The first-order valence-corrected chi connectivity index (χ1v) is 8.91. The quantitative estimate of drug-likeness (QED) is 0.673. The van der Waals surface area contributed by atoms with Gasteiger partial charge in [0.2, 0.25) is 11.9 Å². The summed E-state index contributed by atoms with van der Waals surface area (Å²) in [6, 6.07) is 10.3. The molecule has 6 nitrogen and oxygen atoms in total. The fourth-order valence-corrected chi connectivity index (χ4v) is 2.38. The summed E-state index contributed by atoms with van der Waals surface area (Å²) in [6.45, 7) is 5.31. The topological polar surface area (TPSA) is 79.8 Å². The fraction of sp³-hybridized carbons (Fsp3) is 0.474. The number of aromatic nitrogens is 3. The minimum absolute atomic E-state index is 0.0509. The predicted octanol–water partition coefficient (Wildman–Crippen LogP) is 3.73. The van der Waals surface area contributed by atoms with Crippen molar-refractivity contribution >= 4 is 17.7 Å². The zero-order valence-electron chi connectivity index (χ0n) is 15.5. The smallest absolute Gasteiger partial charge is 0.228 e. The van der Waals surface area contributed by atoms with E-state index < -0.39 is 6.17 Å². The van der Waals surface area contributed by atoms with Crippen molar-refractivity contribution in [2.75, 3.05) is 17.2 Å². The molecule has 1 heterocycles. The number of ketones is 1. The van der Waals surface area contributed by atoms with Crippen molar-refractivity contribution < 1.29 is 9.18 Å². The Labute approximate surface area is 153 Å². The van der Waals surface area contributed by atoms with Gasteiger partial charge in [-0.1, -0.05) is 37.3 Å². The molecule has 0 amide bonds. The van der Waals surface area contributed by atoms with E-state index >= 15 is 0 Å². The molecule has 0 spiro atoms. The zero-order valence-corrected chi connectivity index (χ0v) is 15.5. The highest BCUT2D eigenvalue weighted by molar-refractivity contribution is 5.79. The zero-order chi connectivity index (χ0) is 18.9. The van der Waals surface area contributed by atoms with Crippen molar-refractivity contribution in [2.45, 2.75) is 52.2 Å². The number of anilines is 2. The van der Waals surface area contributed by atoms with Crippen LogP contribution in [0.3, 0.4) is 0 Å². The molecule has 0 saturated carbocycles. The summed E-state index contributed by atoms with van der Waals surface area (Å²) < 4.78 is 14.1. The normalized spacial score (nSPS) is 13.1. The minimum Gasteiger partial charge on any atom is -0.352 e. The molecule has 0 aliphatic heterocycles. The van der Waals surface area contributed by atoms with Crippen LogP contribution in [-0.4, -0.2) is 33.3 Å². The van der Waals surface area contributed by atoms with E-state index in [2.05, 4.69) is 37.7 Å². The van der Waals surface area contributed by atoms with Gasteiger partial charge in [-0.2, -0.15) is 15.0 Å². The lowest BCUT2D eigenvalue weighted by atomic mass is 10.1. The lowest BCUT2D eigenvalue weighted by molar-refractivity contribution is -0.115. The second-order valence-corrected chi connectivity index (χ2v) is 6.34. The minimum atomic E-state index is -1.27. The highest BCUT2D eigenvalue weighted by Crippen LogP contribution is 2.20. The van der Waals surface area contributed by atoms with Crippen LogP contribution in [0.5, 0.6) is 0 Å². The number of nitrogens with zero attached hydrogens (tertiary/aromatic N) is 3. The molecular formula is C19H26FN5O. The predicted molar refractivity (Wildman–Crippen MR) is 101 cm³/mol. The summed E-state index contributed by atoms with van der Waals surface area (Å²) in [5, 5.41) is 6.02. The largest absolute Gasteiger partial charge is 0.352 e. The number of benzene rings is 1. The maximum absolute atomic E-state index is 14.1. The molecule has 26 heavy (non-hydrogen) atoms. The highest BCUT2D eigenvalue weighted by atomic mass is 19.1. The molecule has 2 aromatic rings. The van der Waals surface area contributed by atoms with Gasteiger partial charge < -0.3 is 10.6 Å². The molecule has 0 radical (unpaired) electrons. The number of rotatable bonds is 10. The van der Waals surface area contributed by atoms with E-state index in [0.717, 1.165) is 12.8 Å². The highest BCUT2D eigenvalue weighted by Gasteiger charge is 2.16. The van der Waals surface area contributed by atoms with Crippen LogP contribution in [0.2, 0.25) is 0 Å². The summed E-state index contributed by atoms with van der Waals surface area (Å²) in [5.74, 6) is 0.549. The Morgan fingerprint density at radius 2 is 1.85 bits per heavy atom. The fourth-order valence-electron chi connectivity index (χ4n) is 2.38. The van der Waals surface area contributed by atoms with Crippen molar-refractivity contribution in [3.63, 3.8) is 0 Å². The average Bonchev–Trinajstić information content (AvgIpc) is 2.64. The number of hydrogen-bond acceptors (Lipinski definition) is 6. The van der Waals surface area contributed by atoms with Gasteiger partial charge in [-0.15, -0.1) is 0 Å². The number of nitrogens with one attached hydrogen (secondary N) is 2. The third-order valence-corrected chi connectivity index (χ3v) is 3.87. The Hall–Kier alpha value is -2.57.